The minimum Gasteiger partial charge on any atom is -0.458 e. The fraction of sp³-hybridized carbons (Fsp3) is 0.600. The number of allylic oxidation sites excluding steroid dienone is 6. The molecular formula is C25H30O6. The summed E-state index contributed by atoms with van der Waals surface area (Å²) in [6, 6.07) is 0. The zero-order valence-electron chi connectivity index (χ0n) is 18.7. The summed E-state index contributed by atoms with van der Waals surface area (Å²) in [5.74, 6) is -0.920. The minimum absolute atomic E-state index is 0.0398. The van der Waals surface area contributed by atoms with Gasteiger partial charge in [0, 0.05) is 24.7 Å². The highest BCUT2D eigenvalue weighted by molar-refractivity contribution is 6.01. The van der Waals surface area contributed by atoms with Crippen molar-refractivity contribution >= 4 is 23.5 Å². The SMILES string of the molecule is CC(=O)OCC(=O)[C@]1(OC(C)=O)CC[C@H]2[C@H]3CCC4=CC(=O)C=C[C@@]4(C)C3=CC[C@@]21C. The van der Waals surface area contributed by atoms with E-state index in [1.807, 2.05) is 13.0 Å². The summed E-state index contributed by atoms with van der Waals surface area (Å²) in [5.41, 5.74) is 0.322. The molecule has 0 spiro atoms. The highest BCUT2D eigenvalue weighted by Gasteiger charge is 2.67. The number of fused-ring (bicyclic) bond motifs is 5. The van der Waals surface area contributed by atoms with Gasteiger partial charge in [0.2, 0.25) is 5.78 Å². The molecule has 0 saturated heterocycles. The van der Waals surface area contributed by atoms with E-state index in [-0.39, 0.29) is 35.4 Å². The number of ether oxygens (including phenoxy) is 2. The van der Waals surface area contributed by atoms with E-state index in [0.29, 0.717) is 12.8 Å². The Morgan fingerprint density at radius 3 is 2.55 bits per heavy atom. The first-order chi connectivity index (χ1) is 14.5. The Kier molecular flexibility index (Phi) is 5.10. The summed E-state index contributed by atoms with van der Waals surface area (Å²) >= 11 is 0. The number of esters is 2. The molecule has 6 nitrogen and oxygen atoms in total. The van der Waals surface area contributed by atoms with E-state index < -0.39 is 23.0 Å². The van der Waals surface area contributed by atoms with Crippen LogP contribution >= 0.6 is 0 Å². The van der Waals surface area contributed by atoms with Crippen LogP contribution < -0.4 is 0 Å². The van der Waals surface area contributed by atoms with Crippen molar-refractivity contribution in [1.82, 2.24) is 0 Å². The summed E-state index contributed by atoms with van der Waals surface area (Å²) in [4.78, 5) is 48.6. The van der Waals surface area contributed by atoms with Gasteiger partial charge in [0.15, 0.2) is 18.0 Å². The second-order valence-corrected chi connectivity index (χ2v) is 9.80. The van der Waals surface area contributed by atoms with E-state index in [2.05, 4.69) is 13.0 Å². The van der Waals surface area contributed by atoms with Crippen molar-refractivity contribution in [2.75, 3.05) is 6.61 Å². The van der Waals surface area contributed by atoms with Gasteiger partial charge in [-0.1, -0.05) is 30.2 Å². The molecule has 0 aromatic heterocycles. The molecule has 0 aliphatic heterocycles. The third-order valence-electron chi connectivity index (χ3n) is 8.24. The molecule has 2 saturated carbocycles. The first kappa shape index (κ1) is 21.7. The summed E-state index contributed by atoms with van der Waals surface area (Å²) < 4.78 is 10.8. The lowest BCUT2D eigenvalue weighted by molar-refractivity contribution is -0.184. The fourth-order valence-electron chi connectivity index (χ4n) is 6.73. The van der Waals surface area contributed by atoms with Crippen molar-refractivity contribution in [3.8, 4) is 0 Å². The molecule has 0 unspecified atom stereocenters. The maximum absolute atomic E-state index is 13.3. The predicted octanol–water partition coefficient (Wildman–Crippen LogP) is 3.65. The van der Waals surface area contributed by atoms with Gasteiger partial charge in [0.1, 0.15) is 0 Å². The van der Waals surface area contributed by atoms with Crippen LogP contribution in [0.25, 0.3) is 0 Å². The summed E-state index contributed by atoms with van der Waals surface area (Å²) in [5, 5.41) is 0. The van der Waals surface area contributed by atoms with Crippen LogP contribution in [0.3, 0.4) is 0 Å². The van der Waals surface area contributed by atoms with Crippen molar-refractivity contribution in [2.24, 2.45) is 22.7 Å². The summed E-state index contributed by atoms with van der Waals surface area (Å²) in [6.07, 6.45) is 11.2. The fourth-order valence-corrected chi connectivity index (χ4v) is 6.73. The second kappa shape index (κ2) is 7.28. The molecule has 6 heteroatoms. The second-order valence-electron chi connectivity index (χ2n) is 9.80. The molecule has 4 aliphatic rings. The maximum atomic E-state index is 13.3. The lowest BCUT2D eigenvalue weighted by atomic mass is 9.51. The van der Waals surface area contributed by atoms with Gasteiger partial charge in [-0.25, -0.2) is 0 Å². The first-order valence-corrected chi connectivity index (χ1v) is 11.0. The number of carbonyl (C=O) groups excluding carboxylic acids is 4. The standard InChI is InChI=1S/C25H30O6/c1-15(26)30-14-22(29)25(31-16(2)27)12-9-21-19-6-5-17-13-18(28)7-10-23(17,3)20(19)8-11-24(21,25)4/h7-8,10,13,19,21H,5-6,9,11-12,14H2,1-4H3/t19-,21-,23+,24-,25+/m0/s1. The third-order valence-corrected chi connectivity index (χ3v) is 8.24. The van der Waals surface area contributed by atoms with E-state index in [9.17, 15) is 19.2 Å². The monoisotopic (exact) mass is 426 g/mol. The zero-order valence-corrected chi connectivity index (χ0v) is 18.7. The molecule has 0 aromatic rings. The molecule has 0 heterocycles. The molecular weight excluding hydrogens is 396 g/mol. The Morgan fingerprint density at radius 1 is 1.13 bits per heavy atom. The molecule has 0 bridgehead atoms. The average molecular weight is 427 g/mol. The molecule has 2 fully saturated rings. The Balaban J connectivity index is 1.74. The minimum atomic E-state index is -1.30. The lowest BCUT2D eigenvalue weighted by Gasteiger charge is -2.54. The Morgan fingerprint density at radius 2 is 1.87 bits per heavy atom. The topological polar surface area (TPSA) is 86.7 Å². The number of Topliss-reactive ketones (excluding diaryl/α,β-unsaturated/α-hetero) is 1. The summed E-state index contributed by atoms with van der Waals surface area (Å²) in [6.45, 7) is 6.41. The summed E-state index contributed by atoms with van der Waals surface area (Å²) in [7, 11) is 0. The molecule has 0 amide bonds. The van der Waals surface area contributed by atoms with Crippen LogP contribution in [0.15, 0.2) is 35.5 Å². The van der Waals surface area contributed by atoms with Gasteiger partial charge in [-0.2, -0.15) is 0 Å². The molecule has 5 atom stereocenters. The predicted molar refractivity (Wildman–Crippen MR) is 113 cm³/mol. The van der Waals surface area contributed by atoms with Crippen molar-refractivity contribution in [3.05, 3.63) is 35.5 Å². The third kappa shape index (κ3) is 3.14. The van der Waals surface area contributed by atoms with Crippen LogP contribution in [0.5, 0.6) is 0 Å². The molecule has 0 radical (unpaired) electrons. The number of carbonyl (C=O) groups is 4. The number of hydrogen-bond acceptors (Lipinski definition) is 6. The van der Waals surface area contributed by atoms with Crippen molar-refractivity contribution < 1.29 is 28.7 Å². The van der Waals surface area contributed by atoms with E-state index in [4.69, 9.17) is 9.47 Å². The van der Waals surface area contributed by atoms with Crippen molar-refractivity contribution in [2.45, 2.75) is 65.4 Å². The van der Waals surface area contributed by atoms with Crippen molar-refractivity contribution in [1.29, 1.82) is 0 Å². The van der Waals surface area contributed by atoms with Gasteiger partial charge in [-0.3, -0.25) is 19.2 Å². The van der Waals surface area contributed by atoms with E-state index in [1.54, 1.807) is 12.2 Å². The van der Waals surface area contributed by atoms with Crippen molar-refractivity contribution in [3.63, 3.8) is 0 Å². The van der Waals surface area contributed by atoms with Gasteiger partial charge >= 0.3 is 11.9 Å². The van der Waals surface area contributed by atoms with E-state index in [1.165, 1.54) is 19.4 Å². The number of ketones is 2. The van der Waals surface area contributed by atoms with Crippen LogP contribution in [-0.4, -0.2) is 35.7 Å². The van der Waals surface area contributed by atoms with Gasteiger partial charge in [-0.05, 0) is 63.0 Å². The highest BCUT2D eigenvalue weighted by atomic mass is 16.6. The molecule has 4 rings (SSSR count). The van der Waals surface area contributed by atoms with Crippen LogP contribution in [0, 0.1) is 22.7 Å². The highest BCUT2D eigenvalue weighted by Crippen LogP contribution is 2.66. The number of hydrogen-bond donors (Lipinski definition) is 0. The zero-order chi connectivity index (χ0) is 22.6. The molecule has 0 aromatic carbocycles. The van der Waals surface area contributed by atoms with Crippen LogP contribution in [0.4, 0.5) is 0 Å². The van der Waals surface area contributed by atoms with E-state index in [0.717, 1.165) is 24.8 Å². The molecule has 0 N–H and O–H groups in total. The maximum Gasteiger partial charge on any atom is 0.303 e. The Bertz CT molecular complexity index is 955. The molecule has 31 heavy (non-hydrogen) atoms. The van der Waals surface area contributed by atoms with Crippen LogP contribution in [0.1, 0.15) is 59.8 Å². The van der Waals surface area contributed by atoms with Gasteiger partial charge < -0.3 is 9.47 Å². The lowest BCUT2D eigenvalue weighted by Crippen LogP contribution is -2.57. The first-order valence-electron chi connectivity index (χ1n) is 11.0. The van der Waals surface area contributed by atoms with E-state index >= 15 is 0 Å². The van der Waals surface area contributed by atoms with Crippen LogP contribution in [0.2, 0.25) is 0 Å². The quantitative estimate of drug-likeness (QED) is 0.504. The normalized spacial score (nSPS) is 38.3. The smallest absolute Gasteiger partial charge is 0.303 e. The molecule has 4 aliphatic carbocycles. The Labute approximate surface area is 182 Å². The van der Waals surface area contributed by atoms with Gasteiger partial charge in [-0.15, -0.1) is 0 Å². The average Bonchev–Trinajstić information content (AvgIpc) is 2.99. The number of rotatable bonds is 4. The molecule has 166 valence electrons. The van der Waals surface area contributed by atoms with Gasteiger partial charge in [0.05, 0.1) is 0 Å². The van der Waals surface area contributed by atoms with Crippen LogP contribution in [-0.2, 0) is 28.7 Å². The van der Waals surface area contributed by atoms with Gasteiger partial charge in [0.25, 0.3) is 0 Å². The largest absolute Gasteiger partial charge is 0.458 e. The Hall–Kier alpha value is -2.50.